The van der Waals surface area contributed by atoms with E-state index in [4.69, 9.17) is 4.42 Å². The number of phenols is 1. The van der Waals surface area contributed by atoms with Crippen molar-refractivity contribution in [1.82, 2.24) is 0 Å². The molecule has 0 bridgehead atoms. The third-order valence-corrected chi connectivity index (χ3v) is 3.82. The van der Waals surface area contributed by atoms with Crippen molar-refractivity contribution in [2.45, 2.75) is 34.6 Å². The van der Waals surface area contributed by atoms with Crippen molar-refractivity contribution in [3.63, 3.8) is 0 Å². The number of phenolic OH excluding ortho intramolecular Hbond substituents is 1. The normalized spacial score (nSPS) is 10.7. The van der Waals surface area contributed by atoms with Crippen LogP contribution in [0.15, 0.2) is 22.6 Å². The number of carbonyl (C=O) groups excluding carboxylic acids is 1. The molecule has 2 rings (SSSR count). The number of rotatable bonds is 3. The number of hydrogen-bond donors (Lipinski definition) is 1. The van der Waals surface area contributed by atoms with Crippen LogP contribution in [0.25, 0.3) is 0 Å². The van der Waals surface area contributed by atoms with Crippen LogP contribution in [0.4, 0.5) is 5.69 Å². The summed E-state index contributed by atoms with van der Waals surface area (Å²) in [5.74, 6) is 1.45. The number of carbonyl (C=O) groups is 1. The lowest BCUT2D eigenvalue weighted by molar-refractivity contribution is 0.0986. The summed E-state index contributed by atoms with van der Waals surface area (Å²) in [6.07, 6.45) is 0. The van der Waals surface area contributed by atoms with E-state index in [0.29, 0.717) is 17.9 Å². The molecule has 0 aliphatic carbocycles. The molecule has 0 unspecified atom stereocenters. The summed E-state index contributed by atoms with van der Waals surface area (Å²) in [6, 6.07) is 5.05. The van der Waals surface area contributed by atoms with E-state index in [1.165, 1.54) is 0 Å². The number of benzene rings is 1. The molecule has 1 amide bonds. The van der Waals surface area contributed by atoms with Crippen LogP contribution in [0, 0.1) is 27.7 Å². The zero-order valence-corrected chi connectivity index (χ0v) is 13.2. The largest absolute Gasteiger partial charge is 0.508 e. The summed E-state index contributed by atoms with van der Waals surface area (Å²) in [4.78, 5) is 14.5. The predicted molar refractivity (Wildman–Crippen MR) is 83.1 cm³/mol. The highest BCUT2D eigenvalue weighted by Crippen LogP contribution is 2.29. The SMILES string of the molecule is CCN(C(=O)c1c(C)oc(C)c1C)c1cc(O)ccc1C. The molecule has 0 saturated heterocycles. The topological polar surface area (TPSA) is 53.7 Å². The first kappa shape index (κ1) is 15.2. The standard InChI is InChI=1S/C17H21NO3/c1-6-18(15-9-14(19)8-7-10(15)2)17(20)16-11(3)12(4)21-13(16)5/h7-9,19H,6H2,1-5H3. The minimum absolute atomic E-state index is 0.0990. The van der Waals surface area contributed by atoms with Crippen LogP contribution in [0.2, 0.25) is 0 Å². The second-order valence-electron chi connectivity index (χ2n) is 5.23. The lowest BCUT2D eigenvalue weighted by Gasteiger charge is -2.23. The van der Waals surface area contributed by atoms with Crippen LogP contribution in [0.5, 0.6) is 5.75 Å². The van der Waals surface area contributed by atoms with E-state index in [1.807, 2.05) is 27.7 Å². The molecule has 0 saturated carbocycles. The van der Waals surface area contributed by atoms with Crippen LogP contribution in [0.1, 0.15) is 39.9 Å². The van der Waals surface area contributed by atoms with E-state index in [-0.39, 0.29) is 11.7 Å². The van der Waals surface area contributed by atoms with Gasteiger partial charge in [-0.05, 0) is 46.2 Å². The lowest BCUT2D eigenvalue weighted by Crippen LogP contribution is -2.31. The lowest BCUT2D eigenvalue weighted by atomic mass is 10.1. The van der Waals surface area contributed by atoms with Gasteiger partial charge in [-0.25, -0.2) is 0 Å². The number of aromatic hydroxyl groups is 1. The van der Waals surface area contributed by atoms with Crippen molar-refractivity contribution in [2.24, 2.45) is 0 Å². The smallest absolute Gasteiger partial charge is 0.262 e. The Balaban J connectivity index is 2.51. The molecule has 1 N–H and O–H groups in total. The van der Waals surface area contributed by atoms with Gasteiger partial charge in [0.25, 0.3) is 5.91 Å². The summed E-state index contributed by atoms with van der Waals surface area (Å²) >= 11 is 0. The molecular weight excluding hydrogens is 266 g/mol. The van der Waals surface area contributed by atoms with Crippen LogP contribution in [0.3, 0.4) is 0 Å². The van der Waals surface area contributed by atoms with Gasteiger partial charge in [-0.3, -0.25) is 4.79 Å². The Bertz CT molecular complexity index is 686. The van der Waals surface area contributed by atoms with E-state index in [1.54, 1.807) is 30.0 Å². The minimum Gasteiger partial charge on any atom is -0.508 e. The molecule has 21 heavy (non-hydrogen) atoms. The molecule has 112 valence electrons. The van der Waals surface area contributed by atoms with E-state index in [0.717, 1.165) is 22.6 Å². The average Bonchev–Trinajstić information content (AvgIpc) is 2.68. The zero-order valence-electron chi connectivity index (χ0n) is 13.2. The Morgan fingerprint density at radius 3 is 2.38 bits per heavy atom. The predicted octanol–water partition coefficient (Wildman–Crippen LogP) is 3.89. The molecule has 0 aliphatic rings. The molecule has 1 heterocycles. The van der Waals surface area contributed by atoms with Gasteiger partial charge in [0, 0.05) is 18.2 Å². The average molecular weight is 287 g/mol. The second-order valence-corrected chi connectivity index (χ2v) is 5.23. The highest BCUT2D eigenvalue weighted by molar-refractivity contribution is 6.08. The monoisotopic (exact) mass is 287 g/mol. The molecule has 0 radical (unpaired) electrons. The minimum atomic E-state index is -0.0990. The van der Waals surface area contributed by atoms with Crippen molar-refractivity contribution < 1.29 is 14.3 Å². The number of amides is 1. The Hall–Kier alpha value is -2.23. The number of anilines is 1. The van der Waals surface area contributed by atoms with Gasteiger partial charge >= 0.3 is 0 Å². The molecule has 2 aromatic rings. The zero-order chi connectivity index (χ0) is 15.7. The van der Waals surface area contributed by atoms with Crippen molar-refractivity contribution in [3.05, 3.63) is 46.4 Å². The maximum absolute atomic E-state index is 12.9. The van der Waals surface area contributed by atoms with Gasteiger partial charge < -0.3 is 14.4 Å². The molecule has 4 heteroatoms. The molecular formula is C17H21NO3. The van der Waals surface area contributed by atoms with Crippen LogP contribution in [-0.4, -0.2) is 17.6 Å². The fourth-order valence-electron chi connectivity index (χ4n) is 2.56. The van der Waals surface area contributed by atoms with E-state index in [2.05, 4.69) is 0 Å². The van der Waals surface area contributed by atoms with E-state index < -0.39 is 0 Å². The summed E-state index contributed by atoms with van der Waals surface area (Å²) in [7, 11) is 0. The van der Waals surface area contributed by atoms with Crippen LogP contribution < -0.4 is 4.90 Å². The van der Waals surface area contributed by atoms with Gasteiger partial charge in [-0.15, -0.1) is 0 Å². The molecule has 0 spiro atoms. The van der Waals surface area contributed by atoms with E-state index >= 15 is 0 Å². The highest BCUT2D eigenvalue weighted by Gasteiger charge is 2.25. The maximum Gasteiger partial charge on any atom is 0.262 e. The van der Waals surface area contributed by atoms with Gasteiger partial charge in [0.15, 0.2) is 0 Å². The number of aryl methyl sites for hydroxylation is 3. The molecule has 1 aromatic heterocycles. The third-order valence-electron chi connectivity index (χ3n) is 3.82. The Labute approximate surface area is 125 Å². The van der Waals surface area contributed by atoms with Crippen LogP contribution in [-0.2, 0) is 0 Å². The molecule has 0 aliphatic heterocycles. The quantitative estimate of drug-likeness (QED) is 0.932. The van der Waals surface area contributed by atoms with Crippen LogP contribution >= 0.6 is 0 Å². The molecule has 1 aromatic carbocycles. The summed E-state index contributed by atoms with van der Waals surface area (Å²) in [5, 5.41) is 9.69. The number of hydrogen-bond acceptors (Lipinski definition) is 3. The summed E-state index contributed by atoms with van der Waals surface area (Å²) in [5.41, 5.74) is 3.14. The summed E-state index contributed by atoms with van der Waals surface area (Å²) < 4.78 is 5.55. The summed E-state index contributed by atoms with van der Waals surface area (Å²) in [6.45, 7) is 9.91. The number of furan rings is 1. The fourth-order valence-corrected chi connectivity index (χ4v) is 2.56. The van der Waals surface area contributed by atoms with Crippen molar-refractivity contribution in [1.29, 1.82) is 0 Å². The van der Waals surface area contributed by atoms with Gasteiger partial charge in [-0.2, -0.15) is 0 Å². The molecule has 0 fully saturated rings. The van der Waals surface area contributed by atoms with Gasteiger partial charge in [0.05, 0.1) is 11.3 Å². The van der Waals surface area contributed by atoms with E-state index in [9.17, 15) is 9.90 Å². The number of nitrogens with zero attached hydrogens (tertiary/aromatic N) is 1. The van der Waals surface area contributed by atoms with Gasteiger partial charge in [0.1, 0.15) is 17.3 Å². The highest BCUT2D eigenvalue weighted by atomic mass is 16.3. The Kier molecular flexibility index (Phi) is 4.07. The van der Waals surface area contributed by atoms with Crippen molar-refractivity contribution in [3.8, 4) is 5.75 Å². The fraction of sp³-hybridized carbons (Fsp3) is 0.353. The molecule has 4 nitrogen and oxygen atoms in total. The first-order chi connectivity index (χ1) is 9.86. The second kappa shape index (κ2) is 5.64. The van der Waals surface area contributed by atoms with Gasteiger partial charge in [-0.1, -0.05) is 6.07 Å². The maximum atomic E-state index is 12.9. The first-order valence-corrected chi connectivity index (χ1v) is 7.04. The van der Waals surface area contributed by atoms with Crippen molar-refractivity contribution >= 4 is 11.6 Å². The van der Waals surface area contributed by atoms with Gasteiger partial charge in [0.2, 0.25) is 0 Å². The first-order valence-electron chi connectivity index (χ1n) is 7.04. The Morgan fingerprint density at radius 1 is 1.19 bits per heavy atom. The molecule has 0 atom stereocenters. The van der Waals surface area contributed by atoms with Crippen molar-refractivity contribution in [2.75, 3.05) is 11.4 Å². The Morgan fingerprint density at radius 2 is 1.86 bits per heavy atom. The third kappa shape index (κ3) is 2.66.